The molecular weight excluding hydrogens is 254 g/mol. The number of ether oxygens (including phenoxy) is 1. The maximum atomic E-state index is 13.0. The Kier molecular flexibility index (Phi) is 4.48. The number of nitrogens with zero attached hydrogens (tertiary/aromatic N) is 2. The molecule has 2 heterocycles. The quantitative estimate of drug-likeness (QED) is 0.745. The Labute approximate surface area is 120 Å². The Morgan fingerprint density at radius 1 is 1.45 bits per heavy atom. The zero-order chi connectivity index (χ0) is 14.7. The molecule has 1 aliphatic heterocycles. The molecule has 0 N–H and O–H groups in total. The third-order valence-corrected chi connectivity index (χ3v) is 3.01. The lowest BCUT2D eigenvalue weighted by Gasteiger charge is -2.14. The molecule has 1 aliphatic rings. The largest absolute Gasteiger partial charge is 0.485 e. The van der Waals surface area contributed by atoms with Gasteiger partial charge >= 0.3 is 0 Å². The SMILES string of the molecule is CC.[B]c1ccc2c(c1)-c1nc(C)cn1CC(CF)O2. The number of hydrogen-bond acceptors (Lipinski definition) is 2. The number of fused-ring (bicyclic) bond motifs is 3. The lowest BCUT2D eigenvalue weighted by molar-refractivity contribution is 0.151. The van der Waals surface area contributed by atoms with Crippen molar-refractivity contribution >= 4 is 13.3 Å². The van der Waals surface area contributed by atoms with Crippen LogP contribution >= 0.6 is 0 Å². The second-order valence-corrected chi connectivity index (χ2v) is 4.51. The number of imidazole rings is 1. The van der Waals surface area contributed by atoms with Gasteiger partial charge in [0, 0.05) is 6.20 Å². The van der Waals surface area contributed by atoms with Crippen LogP contribution in [0.2, 0.25) is 0 Å². The summed E-state index contributed by atoms with van der Waals surface area (Å²) in [6.45, 7) is 5.85. The minimum atomic E-state index is -0.527. The standard InChI is InChI=1S/C13H12BFN2O.C2H6/c1-8-6-17-7-10(5-15)18-12-3-2-9(14)4-11(12)13(17)16-8;1-2/h2-4,6,10H,5,7H2,1H3;1-2H3. The van der Waals surface area contributed by atoms with Gasteiger partial charge < -0.3 is 9.30 Å². The Hall–Kier alpha value is -1.78. The highest BCUT2D eigenvalue weighted by molar-refractivity contribution is 6.32. The van der Waals surface area contributed by atoms with Crippen molar-refractivity contribution in [2.75, 3.05) is 6.67 Å². The van der Waals surface area contributed by atoms with Crippen LogP contribution < -0.4 is 10.2 Å². The maximum absolute atomic E-state index is 13.0. The van der Waals surface area contributed by atoms with Crippen LogP contribution in [0.4, 0.5) is 4.39 Å². The molecule has 2 aromatic rings. The molecule has 20 heavy (non-hydrogen) atoms. The van der Waals surface area contributed by atoms with Gasteiger partial charge in [0.25, 0.3) is 0 Å². The van der Waals surface area contributed by atoms with Gasteiger partial charge in [-0.2, -0.15) is 0 Å². The minimum absolute atomic E-state index is 0.460. The van der Waals surface area contributed by atoms with E-state index < -0.39 is 12.8 Å². The van der Waals surface area contributed by atoms with E-state index in [4.69, 9.17) is 12.6 Å². The summed E-state index contributed by atoms with van der Waals surface area (Å²) in [7, 11) is 5.80. The fraction of sp³-hybridized carbons (Fsp3) is 0.400. The molecule has 1 atom stereocenters. The van der Waals surface area contributed by atoms with Crippen molar-refractivity contribution in [3.63, 3.8) is 0 Å². The predicted octanol–water partition coefficient (Wildman–Crippen LogP) is 2.41. The highest BCUT2D eigenvalue weighted by atomic mass is 19.1. The van der Waals surface area contributed by atoms with Gasteiger partial charge in [-0.3, -0.25) is 0 Å². The van der Waals surface area contributed by atoms with E-state index in [1.807, 2.05) is 37.6 Å². The van der Waals surface area contributed by atoms with Gasteiger partial charge in [-0.15, -0.1) is 0 Å². The first kappa shape index (κ1) is 14.6. The van der Waals surface area contributed by atoms with Gasteiger partial charge in [-0.1, -0.05) is 31.4 Å². The van der Waals surface area contributed by atoms with E-state index >= 15 is 0 Å². The number of aromatic nitrogens is 2. The predicted molar refractivity (Wildman–Crippen MR) is 79.5 cm³/mol. The van der Waals surface area contributed by atoms with E-state index in [-0.39, 0.29) is 0 Å². The van der Waals surface area contributed by atoms with Crippen molar-refractivity contribution in [3.05, 3.63) is 30.1 Å². The number of alkyl halides is 1. The summed E-state index contributed by atoms with van der Waals surface area (Å²) in [5, 5.41) is 0. The van der Waals surface area contributed by atoms with Gasteiger partial charge in [0.05, 0.1) is 17.8 Å². The summed E-state index contributed by atoms with van der Waals surface area (Å²) < 4.78 is 20.5. The van der Waals surface area contributed by atoms with Crippen LogP contribution in [-0.4, -0.2) is 30.2 Å². The second kappa shape index (κ2) is 6.12. The van der Waals surface area contributed by atoms with Crippen molar-refractivity contribution in [2.45, 2.75) is 33.4 Å². The van der Waals surface area contributed by atoms with E-state index in [2.05, 4.69) is 4.98 Å². The van der Waals surface area contributed by atoms with Crippen LogP contribution in [-0.2, 0) is 6.54 Å². The minimum Gasteiger partial charge on any atom is -0.485 e. The Morgan fingerprint density at radius 2 is 2.20 bits per heavy atom. The smallest absolute Gasteiger partial charge is 0.145 e. The van der Waals surface area contributed by atoms with E-state index in [0.717, 1.165) is 17.1 Å². The zero-order valence-corrected chi connectivity index (χ0v) is 12.1. The van der Waals surface area contributed by atoms with Crippen LogP contribution in [0.5, 0.6) is 5.75 Å². The molecule has 0 fully saturated rings. The first-order valence-corrected chi connectivity index (χ1v) is 6.83. The molecule has 104 valence electrons. The molecule has 0 bridgehead atoms. The van der Waals surface area contributed by atoms with Gasteiger partial charge in [-0.05, 0) is 13.0 Å². The van der Waals surface area contributed by atoms with Gasteiger partial charge in [0.2, 0.25) is 0 Å². The Bertz CT molecular complexity index is 598. The molecule has 1 unspecified atom stereocenters. The first-order chi connectivity index (χ1) is 9.67. The molecule has 1 aromatic carbocycles. The summed E-state index contributed by atoms with van der Waals surface area (Å²) in [5.74, 6) is 1.42. The number of rotatable bonds is 1. The average Bonchev–Trinajstić information content (AvgIpc) is 2.76. The lowest BCUT2D eigenvalue weighted by atomic mass is 9.94. The van der Waals surface area contributed by atoms with Crippen molar-refractivity contribution in [1.29, 1.82) is 0 Å². The van der Waals surface area contributed by atoms with Crippen molar-refractivity contribution in [2.24, 2.45) is 0 Å². The fourth-order valence-corrected chi connectivity index (χ4v) is 2.24. The maximum Gasteiger partial charge on any atom is 0.145 e. The number of hydrogen-bond donors (Lipinski definition) is 0. The molecule has 3 rings (SSSR count). The summed E-state index contributed by atoms with van der Waals surface area (Å²) in [6, 6.07) is 5.33. The van der Waals surface area contributed by atoms with Gasteiger partial charge in [0.1, 0.15) is 32.2 Å². The van der Waals surface area contributed by atoms with Crippen LogP contribution in [0.3, 0.4) is 0 Å². The number of benzene rings is 1. The summed E-state index contributed by atoms with van der Waals surface area (Å²) in [5.41, 5.74) is 2.36. The van der Waals surface area contributed by atoms with Crippen LogP contribution in [0.1, 0.15) is 19.5 Å². The Morgan fingerprint density at radius 3 is 2.90 bits per heavy atom. The van der Waals surface area contributed by atoms with E-state index in [9.17, 15) is 4.39 Å². The summed E-state index contributed by atoms with van der Waals surface area (Å²) in [6.07, 6.45) is 1.42. The molecule has 2 radical (unpaired) electrons. The van der Waals surface area contributed by atoms with Gasteiger partial charge in [0.15, 0.2) is 0 Å². The lowest BCUT2D eigenvalue weighted by Crippen LogP contribution is -2.23. The normalized spacial score (nSPS) is 16.1. The van der Waals surface area contributed by atoms with Crippen LogP contribution in [0.25, 0.3) is 11.4 Å². The van der Waals surface area contributed by atoms with E-state index in [1.54, 1.807) is 12.1 Å². The molecule has 0 saturated carbocycles. The number of halogens is 1. The topological polar surface area (TPSA) is 27.1 Å². The third kappa shape index (κ3) is 2.71. The monoisotopic (exact) mass is 272 g/mol. The van der Waals surface area contributed by atoms with Crippen molar-refractivity contribution < 1.29 is 9.13 Å². The molecule has 1 aromatic heterocycles. The molecule has 3 nitrogen and oxygen atoms in total. The molecular formula is C15H18BFN2O. The van der Waals surface area contributed by atoms with Crippen LogP contribution in [0.15, 0.2) is 24.4 Å². The molecule has 0 amide bonds. The Balaban J connectivity index is 0.000000704. The fourth-order valence-electron chi connectivity index (χ4n) is 2.24. The third-order valence-electron chi connectivity index (χ3n) is 3.01. The van der Waals surface area contributed by atoms with Gasteiger partial charge in [-0.25, -0.2) is 9.37 Å². The van der Waals surface area contributed by atoms with Crippen LogP contribution in [0, 0.1) is 6.92 Å². The molecule has 0 aliphatic carbocycles. The van der Waals surface area contributed by atoms with Crippen molar-refractivity contribution in [3.8, 4) is 17.1 Å². The number of aryl methyl sites for hydroxylation is 1. The van der Waals surface area contributed by atoms with E-state index in [0.29, 0.717) is 17.8 Å². The second-order valence-electron chi connectivity index (χ2n) is 4.51. The molecule has 5 heteroatoms. The molecule has 0 spiro atoms. The summed E-state index contributed by atoms with van der Waals surface area (Å²) >= 11 is 0. The van der Waals surface area contributed by atoms with E-state index in [1.165, 1.54) is 0 Å². The average molecular weight is 272 g/mol. The molecule has 0 saturated heterocycles. The zero-order valence-electron chi connectivity index (χ0n) is 12.1. The van der Waals surface area contributed by atoms with Crippen molar-refractivity contribution in [1.82, 2.24) is 9.55 Å². The highest BCUT2D eigenvalue weighted by Gasteiger charge is 2.23. The summed E-state index contributed by atoms with van der Waals surface area (Å²) in [4.78, 5) is 4.47. The highest BCUT2D eigenvalue weighted by Crippen LogP contribution is 2.32. The first-order valence-electron chi connectivity index (χ1n) is 6.83.